The summed E-state index contributed by atoms with van der Waals surface area (Å²) in [5, 5.41) is 3.49. The van der Waals surface area contributed by atoms with E-state index < -0.39 is 0 Å². The van der Waals surface area contributed by atoms with Gasteiger partial charge in [-0.25, -0.2) is 0 Å². The van der Waals surface area contributed by atoms with E-state index in [1.807, 2.05) is 0 Å². The van der Waals surface area contributed by atoms with Gasteiger partial charge >= 0.3 is 0 Å². The highest BCUT2D eigenvalue weighted by Gasteiger charge is 2.24. The van der Waals surface area contributed by atoms with Crippen LogP contribution in [0.5, 0.6) is 5.75 Å². The third-order valence-electron chi connectivity index (χ3n) is 5.07. The van der Waals surface area contributed by atoms with Gasteiger partial charge < -0.3 is 19.9 Å². The number of amides is 2. The molecule has 2 heterocycles. The van der Waals surface area contributed by atoms with Gasteiger partial charge in [0.2, 0.25) is 11.8 Å². The maximum absolute atomic E-state index is 12.6. The molecular formula is C20H28ClN3O3. The lowest BCUT2D eigenvalue weighted by Gasteiger charge is -2.29. The summed E-state index contributed by atoms with van der Waals surface area (Å²) in [5.41, 5.74) is 0.681. The Morgan fingerprint density at radius 2 is 1.93 bits per heavy atom. The Morgan fingerprint density at radius 1 is 1.11 bits per heavy atom. The highest BCUT2D eigenvalue weighted by Crippen LogP contribution is 2.34. The number of halogens is 1. The first-order chi connectivity index (χ1) is 13.1. The van der Waals surface area contributed by atoms with Crippen LogP contribution in [0.15, 0.2) is 18.2 Å². The van der Waals surface area contributed by atoms with Crippen LogP contribution in [0.4, 0.5) is 5.69 Å². The van der Waals surface area contributed by atoms with Crippen molar-refractivity contribution in [2.45, 2.75) is 38.5 Å². The van der Waals surface area contributed by atoms with E-state index in [2.05, 4.69) is 10.2 Å². The average molecular weight is 394 g/mol. The van der Waals surface area contributed by atoms with Gasteiger partial charge in [-0.1, -0.05) is 18.0 Å². The van der Waals surface area contributed by atoms with Crippen molar-refractivity contribution >= 4 is 29.1 Å². The Labute approximate surface area is 165 Å². The molecule has 0 spiro atoms. The van der Waals surface area contributed by atoms with Gasteiger partial charge in [0.25, 0.3) is 0 Å². The lowest BCUT2D eigenvalue weighted by atomic mass is 10.1. The van der Waals surface area contributed by atoms with E-state index in [-0.39, 0.29) is 24.7 Å². The predicted molar refractivity (Wildman–Crippen MR) is 106 cm³/mol. The number of carbonyl (C=O) groups is 2. The third kappa shape index (κ3) is 5.84. The predicted octanol–water partition coefficient (Wildman–Crippen LogP) is 2.84. The summed E-state index contributed by atoms with van der Waals surface area (Å²) >= 11 is 6.04. The minimum absolute atomic E-state index is 0.0680. The number of nitrogens with one attached hydrogen (secondary N) is 1. The van der Waals surface area contributed by atoms with Crippen molar-refractivity contribution in [1.82, 2.24) is 10.2 Å². The van der Waals surface area contributed by atoms with Crippen LogP contribution in [0.3, 0.4) is 0 Å². The lowest BCUT2D eigenvalue weighted by molar-refractivity contribution is -0.125. The maximum atomic E-state index is 12.6. The van der Waals surface area contributed by atoms with Gasteiger partial charge in [0.1, 0.15) is 12.4 Å². The van der Waals surface area contributed by atoms with E-state index in [9.17, 15) is 9.59 Å². The number of fused-ring (bicyclic) bond motifs is 1. The number of benzene rings is 1. The first-order valence-corrected chi connectivity index (χ1v) is 10.2. The smallest absolute Gasteiger partial charge is 0.227 e. The van der Waals surface area contributed by atoms with Crippen LogP contribution in [0.1, 0.15) is 38.5 Å². The lowest BCUT2D eigenvalue weighted by Crippen LogP contribution is -2.38. The molecular weight excluding hydrogens is 366 g/mol. The molecule has 2 aliphatic heterocycles. The molecule has 0 aromatic heterocycles. The molecule has 148 valence electrons. The summed E-state index contributed by atoms with van der Waals surface area (Å²) in [6.45, 7) is 4.97. The Bertz CT molecular complexity index is 662. The zero-order valence-electron chi connectivity index (χ0n) is 15.7. The van der Waals surface area contributed by atoms with E-state index in [1.165, 1.54) is 32.4 Å². The van der Waals surface area contributed by atoms with Crippen LogP contribution in [0, 0.1) is 0 Å². The van der Waals surface area contributed by atoms with E-state index in [0.29, 0.717) is 36.2 Å². The normalized spacial score (nSPS) is 17.1. The highest BCUT2D eigenvalue weighted by atomic mass is 35.5. The van der Waals surface area contributed by atoms with Crippen LogP contribution in [0.2, 0.25) is 5.02 Å². The fourth-order valence-corrected chi connectivity index (χ4v) is 3.77. The quantitative estimate of drug-likeness (QED) is 0.723. The van der Waals surface area contributed by atoms with Crippen LogP contribution in [0.25, 0.3) is 0 Å². The molecule has 1 aromatic carbocycles. The third-order valence-corrected chi connectivity index (χ3v) is 5.31. The molecule has 1 fully saturated rings. The summed E-state index contributed by atoms with van der Waals surface area (Å²) < 4.78 is 5.56. The zero-order chi connectivity index (χ0) is 19.1. The van der Waals surface area contributed by atoms with Gasteiger partial charge in [0, 0.05) is 24.4 Å². The second-order valence-electron chi connectivity index (χ2n) is 7.11. The minimum atomic E-state index is -0.0784. The molecule has 2 aliphatic rings. The standard InChI is InChI=1S/C20H28ClN3O3/c21-16-5-6-18-17(15-16)24(13-14-27-18)20(26)8-7-19(25)22-9-4-12-23-10-2-1-3-11-23/h5-6,15H,1-4,7-14H2,(H,22,25). The fourth-order valence-electron chi connectivity index (χ4n) is 3.61. The van der Waals surface area contributed by atoms with Gasteiger partial charge in [-0.3, -0.25) is 9.59 Å². The Kier molecular flexibility index (Phi) is 7.35. The summed E-state index contributed by atoms with van der Waals surface area (Å²) in [5.74, 6) is 0.507. The summed E-state index contributed by atoms with van der Waals surface area (Å²) in [4.78, 5) is 28.7. The van der Waals surface area contributed by atoms with Gasteiger partial charge in [-0.15, -0.1) is 0 Å². The molecule has 0 atom stereocenters. The number of anilines is 1. The molecule has 0 saturated carbocycles. The average Bonchev–Trinajstić information content (AvgIpc) is 2.69. The van der Waals surface area contributed by atoms with Gasteiger partial charge in [-0.05, 0) is 57.1 Å². The molecule has 1 saturated heterocycles. The maximum Gasteiger partial charge on any atom is 0.227 e. The number of likely N-dealkylation sites (tertiary alicyclic amines) is 1. The number of rotatable bonds is 7. The molecule has 3 rings (SSSR count). The molecule has 7 heteroatoms. The van der Waals surface area contributed by atoms with E-state index in [4.69, 9.17) is 16.3 Å². The van der Waals surface area contributed by atoms with Crippen LogP contribution < -0.4 is 15.0 Å². The molecule has 27 heavy (non-hydrogen) atoms. The Morgan fingerprint density at radius 3 is 2.74 bits per heavy atom. The van der Waals surface area contributed by atoms with Crippen molar-refractivity contribution in [3.05, 3.63) is 23.2 Å². The van der Waals surface area contributed by atoms with Crippen LogP contribution in [-0.4, -0.2) is 56.0 Å². The molecule has 0 radical (unpaired) electrons. The summed E-state index contributed by atoms with van der Waals surface area (Å²) in [6, 6.07) is 5.24. The topological polar surface area (TPSA) is 61.9 Å². The minimum Gasteiger partial charge on any atom is -0.490 e. The molecule has 1 aromatic rings. The van der Waals surface area contributed by atoms with Gasteiger partial charge in [0.05, 0.1) is 12.2 Å². The number of piperidine rings is 1. The number of carbonyl (C=O) groups excluding carboxylic acids is 2. The molecule has 1 N–H and O–H groups in total. The molecule has 0 bridgehead atoms. The van der Waals surface area contributed by atoms with Crippen molar-refractivity contribution in [3.63, 3.8) is 0 Å². The van der Waals surface area contributed by atoms with Crippen LogP contribution >= 0.6 is 11.6 Å². The van der Waals surface area contributed by atoms with Crippen molar-refractivity contribution < 1.29 is 14.3 Å². The summed E-state index contributed by atoms with van der Waals surface area (Å²) in [6.07, 6.45) is 5.24. The highest BCUT2D eigenvalue weighted by molar-refractivity contribution is 6.31. The van der Waals surface area contributed by atoms with Crippen molar-refractivity contribution in [3.8, 4) is 5.75 Å². The molecule has 2 amide bonds. The second kappa shape index (κ2) is 9.95. The number of hydrogen-bond donors (Lipinski definition) is 1. The number of nitrogens with zero attached hydrogens (tertiary/aromatic N) is 2. The van der Waals surface area contributed by atoms with E-state index in [0.717, 1.165) is 13.0 Å². The first kappa shape index (κ1) is 20.0. The summed E-state index contributed by atoms with van der Waals surface area (Å²) in [7, 11) is 0. The fraction of sp³-hybridized carbons (Fsp3) is 0.600. The zero-order valence-corrected chi connectivity index (χ0v) is 16.5. The van der Waals surface area contributed by atoms with Gasteiger partial charge in [-0.2, -0.15) is 0 Å². The number of ether oxygens (including phenoxy) is 1. The first-order valence-electron chi connectivity index (χ1n) is 9.85. The van der Waals surface area contributed by atoms with Crippen molar-refractivity contribution in [2.75, 3.05) is 44.2 Å². The molecule has 0 aliphatic carbocycles. The van der Waals surface area contributed by atoms with Crippen molar-refractivity contribution in [1.29, 1.82) is 0 Å². The van der Waals surface area contributed by atoms with Gasteiger partial charge in [0.15, 0.2) is 0 Å². The van der Waals surface area contributed by atoms with E-state index >= 15 is 0 Å². The van der Waals surface area contributed by atoms with Crippen molar-refractivity contribution in [2.24, 2.45) is 0 Å². The Balaban J connectivity index is 1.38. The molecule has 6 nitrogen and oxygen atoms in total. The second-order valence-corrected chi connectivity index (χ2v) is 7.55. The van der Waals surface area contributed by atoms with Crippen LogP contribution in [-0.2, 0) is 9.59 Å². The largest absolute Gasteiger partial charge is 0.490 e. The number of hydrogen-bond acceptors (Lipinski definition) is 4. The Hall–Kier alpha value is -1.79. The molecule has 0 unspecified atom stereocenters. The monoisotopic (exact) mass is 393 g/mol. The van der Waals surface area contributed by atoms with E-state index in [1.54, 1.807) is 23.1 Å². The SMILES string of the molecule is O=C(CCC(=O)N1CCOc2ccc(Cl)cc21)NCCCN1CCCCC1.